The lowest BCUT2D eigenvalue weighted by Crippen LogP contribution is -2.57. The van der Waals surface area contributed by atoms with E-state index in [4.69, 9.17) is 5.73 Å². The maximum absolute atomic E-state index is 13.5. The minimum Gasteiger partial charge on any atom is -0.369 e. The highest BCUT2D eigenvalue weighted by atomic mass is 16.2. The average molecular weight is 424 g/mol. The van der Waals surface area contributed by atoms with E-state index in [1.807, 2.05) is 30.3 Å². The van der Waals surface area contributed by atoms with Crippen molar-refractivity contribution in [1.29, 1.82) is 0 Å². The van der Waals surface area contributed by atoms with Crippen molar-refractivity contribution in [3.05, 3.63) is 47.7 Å². The van der Waals surface area contributed by atoms with Gasteiger partial charge in [0.1, 0.15) is 6.54 Å². The maximum atomic E-state index is 13.5. The number of hydrogen-bond acceptors (Lipinski definition) is 4. The highest BCUT2D eigenvalue weighted by Gasteiger charge is 2.52. The zero-order valence-electron chi connectivity index (χ0n) is 17.7. The molecule has 0 aliphatic carbocycles. The van der Waals surface area contributed by atoms with E-state index in [9.17, 15) is 19.2 Å². The number of amidine groups is 1. The fourth-order valence-electron chi connectivity index (χ4n) is 4.46. The zero-order valence-corrected chi connectivity index (χ0v) is 17.7. The Hall–Kier alpha value is -3.49. The third-order valence-electron chi connectivity index (χ3n) is 6.27. The van der Waals surface area contributed by atoms with Gasteiger partial charge in [-0.25, -0.2) is 14.3 Å². The van der Waals surface area contributed by atoms with E-state index >= 15 is 0 Å². The molecular weight excluding hydrogens is 398 g/mol. The Labute approximate surface area is 180 Å². The number of primary amides is 1. The SMILES string of the molecule is CN1C(=O)C2C=C(C(=O)N3CCC(C(N)=O)CC3)[N+](Cc3ccccc3)=C2N(C)C1=O. The number of piperidine rings is 1. The van der Waals surface area contributed by atoms with Gasteiger partial charge in [0, 0.05) is 26.1 Å². The second-order valence-electron chi connectivity index (χ2n) is 8.17. The third-order valence-corrected chi connectivity index (χ3v) is 6.27. The van der Waals surface area contributed by atoms with Crippen molar-refractivity contribution >= 4 is 29.6 Å². The molecule has 4 rings (SSSR count). The van der Waals surface area contributed by atoms with Crippen molar-refractivity contribution in [2.75, 3.05) is 27.2 Å². The fraction of sp³-hybridized carbons (Fsp3) is 0.409. The number of benzene rings is 1. The van der Waals surface area contributed by atoms with Gasteiger partial charge in [-0.05, 0) is 24.5 Å². The number of fused-ring (bicyclic) bond motifs is 1. The number of likely N-dealkylation sites (tertiary alicyclic amines) is 1. The first-order valence-electron chi connectivity index (χ1n) is 10.3. The topological polar surface area (TPSA) is 107 Å². The number of nitrogens with two attached hydrogens (primary N) is 1. The molecule has 3 aliphatic rings. The number of carbonyl (C=O) groups is 4. The van der Waals surface area contributed by atoms with Crippen LogP contribution in [0.3, 0.4) is 0 Å². The van der Waals surface area contributed by atoms with E-state index < -0.39 is 11.9 Å². The molecule has 5 amide bonds. The number of imide groups is 1. The molecule has 31 heavy (non-hydrogen) atoms. The molecule has 1 aromatic carbocycles. The van der Waals surface area contributed by atoms with Crippen molar-refractivity contribution in [3.8, 4) is 0 Å². The fourth-order valence-corrected chi connectivity index (χ4v) is 4.46. The van der Waals surface area contributed by atoms with Gasteiger partial charge in [0.2, 0.25) is 5.91 Å². The predicted molar refractivity (Wildman–Crippen MR) is 111 cm³/mol. The Morgan fingerprint density at radius 1 is 1.06 bits per heavy atom. The van der Waals surface area contributed by atoms with Crippen LogP contribution >= 0.6 is 0 Å². The lowest BCUT2D eigenvalue weighted by atomic mass is 9.96. The molecule has 0 spiro atoms. The van der Waals surface area contributed by atoms with E-state index in [1.165, 1.54) is 11.9 Å². The van der Waals surface area contributed by atoms with Gasteiger partial charge in [-0.1, -0.05) is 30.3 Å². The van der Waals surface area contributed by atoms with Crippen LogP contribution < -0.4 is 5.73 Å². The van der Waals surface area contributed by atoms with E-state index in [2.05, 4.69) is 0 Å². The van der Waals surface area contributed by atoms with Crippen LogP contribution in [0.5, 0.6) is 0 Å². The number of amides is 5. The molecule has 2 N–H and O–H groups in total. The molecule has 1 aromatic rings. The van der Waals surface area contributed by atoms with Crippen molar-refractivity contribution in [1.82, 2.24) is 14.7 Å². The number of nitrogens with zero attached hydrogens (tertiary/aromatic N) is 4. The van der Waals surface area contributed by atoms with E-state index in [0.717, 1.165) is 10.5 Å². The molecule has 0 aromatic heterocycles. The van der Waals surface area contributed by atoms with Gasteiger partial charge in [0.05, 0.1) is 7.05 Å². The quantitative estimate of drug-likeness (QED) is 0.704. The van der Waals surface area contributed by atoms with Crippen LogP contribution in [0.1, 0.15) is 18.4 Å². The van der Waals surface area contributed by atoms with Crippen LogP contribution in [0.25, 0.3) is 0 Å². The van der Waals surface area contributed by atoms with Gasteiger partial charge in [-0.2, -0.15) is 4.90 Å². The summed E-state index contributed by atoms with van der Waals surface area (Å²) in [5.41, 5.74) is 6.74. The summed E-state index contributed by atoms with van der Waals surface area (Å²) in [5.74, 6) is -1.33. The molecule has 162 valence electrons. The molecule has 0 radical (unpaired) electrons. The summed E-state index contributed by atoms with van der Waals surface area (Å²) < 4.78 is 1.77. The number of hydrogen-bond donors (Lipinski definition) is 1. The van der Waals surface area contributed by atoms with Gasteiger partial charge in [-0.3, -0.25) is 14.4 Å². The average Bonchev–Trinajstić information content (AvgIpc) is 3.15. The molecule has 2 fully saturated rings. The first-order chi connectivity index (χ1) is 14.8. The highest BCUT2D eigenvalue weighted by molar-refractivity contribution is 6.19. The van der Waals surface area contributed by atoms with Crippen LogP contribution in [0.4, 0.5) is 4.79 Å². The molecule has 3 aliphatic heterocycles. The van der Waals surface area contributed by atoms with Crippen LogP contribution in [0.15, 0.2) is 42.1 Å². The summed E-state index contributed by atoms with van der Waals surface area (Å²) in [4.78, 5) is 54.5. The summed E-state index contributed by atoms with van der Waals surface area (Å²) in [6, 6.07) is 9.16. The molecule has 1 atom stereocenters. The van der Waals surface area contributed by atoms with E-state index in [1.54, 1.807) is 22.6 Å². The summed E-state index contributed by atoms with van der Waals surface area (Å²) in [7, 11) is 3.06. The smallest absolute Gasteiger partial charge is 0.369 e. The normalized spacial score (nSPS) is 22.1. The van der Waals surface area contributed by atoms with Crippen LogP contribution in [-0.2, 0) is 20.9 Å². The number of urea groups is 1. The minimum absolute atomic E-state index is 0.211. The van der Waals surface area contributed by atoms with Gasteiger partial charge < -0.3 is 10.6 Å². The number of carbonyl (C=O) groups excluding carboxylic acids is 4. The second kappa shape index (κ2) is 7.98. The molecule has 1 unspecified atom stereocenters. The summed E-state index contributed by atoms with van der Waals surface area (Å²) in [5, 5.41) is 0. The van der Waals surface area contributed by atoms with Gasteiger partial charge in [-0.15, -0.1) is 0 Å². The summed E-state index contributed by atoms with van der Waals surface area (Å²) in [6.07, 6.45) is 2.70. The van der Waals surface area contributed by atoms with Crippen LogP contribution in [0.2, 0.25) is 0 Å². The third kappa shape index (κ3) is 3.60. The van der Waals surface area contributed by atoms with Crippen LogP contribution in [-0.4, -0.2) is 76.0 Å². The molecule has 3 heterocycles. The molecule has 2 saturated heterocycles. The van der Waals surface area contributed by atoms with Crippen molar-refractivity contribution in [3.63, 3.8) is 0 Å². The standard InChI is InChI=1S/C22H25N5O4/c1-24-19-16(20(29)25(2)22(24)31)12-17(27(19)13-14-6-4-3-5-7-14)21(30)26-10-8-15(9-11-26)18(23)28/h3-7,12,15-16H,8-11,13H2,1-2H3,(H-,23,28)/p+1. The molecule has 9 heteroatoms. The van der Waals surface area contributed by atoms with Crippen molar-refractivity contribution in [2.45, 2.75) is 19.4 Å². The van der Waals surface area contributed by atoms with E-state index in [0.29, 0.717) is 44.0 Å². The van der Waals surface area contributed by atoms with Crippen molar-refractivity contribution < 1.29 is 23.8 Å². The van der Waals surface area contributed by atoms with Gasteiger partial charge in [0.15, 0.2) is 11.6 Å². The Bertz CT molecular complexity index is 1010. The minimum atomic E-state index is -0.696. The molecule has 0 saturated carbocycles. The largest absolute Gasteiger partial charge is 0.417 e. The predicted octanol–water partition coefficient (Wildman–Crippen LogP) is 0.359. The Morgan fingerprint density at radius 3 is 2.32 bits per heavy atom. The Kier molecular flexibility index (Phi) is 5.34. The Balaban J connectivity index is 1.69. The molecule has 0 bridgehead atoms. The monoisotopic (exact) mass is 424 g/mol. The van der Waals surface area contributed by atoms with Gasteiger partial charge in [0.25, 0.3) is 17.6 Å². The maximum Gasteiger partial charge on any atom is 0.417 e. The number of rotatable bonds is 4. The first-order valence-corrected chi connectivity index (χ1v) is 10.3. The molecular formula is C22H26N5O4+. The lowest BCUT2D eigenvalue weighted by Gasteiger charge is -2.30. The van der Waals surface area contributed by atoms with E-state index in [-0.39, 0.29) is 23.6 Å². The summed E-state index contributed by atoms with van der Waals surface area (Å²) in [6.45, 7) is 1.20. The van der Waals surface area contributed by atoms with Gasteiger partial charge >= 0.3 is 6.03 Å². The summed E-state index contributed by atoms with van der Waals surface area (Å²) >= 11 is 0. The zero-order chi connectivity index (χ0) is 22.3. The second-order valence-corrected chi connectivity index (χ2v) is 8.17. The van der Waals surface area contributed by atoms with Crippen molar-refractivity contribution in [2.24, 2.45) is 17.6 Å². The molecule has 9 nitrogen and oxygen atoms in total. The highest BCUT2D eigenvalue weighted by Crippen LogP contribution is 2.29. The first kappa shape index (κ1) is 20.8. The lowest BCUT2D eigenvalue weighted by molar-refractivity contribution is -0.491. The Morgan fingerprint density at radius 2 is 1.71 bits per heavy atom. The van der Waals surface area contributed by atoms with Crippen LogP contribution in [0, 0.1) is 11.8 Å².